The Kier molecular flexibility index (Phi) is 6.24. The highest BCUT2D eigenvalue weighted by atomic mass is 15.8. The van der Waals surface area contributed by atoms with E-state index in [0.29, 0.717) is 4.59 Å². The lowest BCUT2D eigenvalue weighted by Crippen LogP contribution is -2.52. The summed E-state index contributed by atoms with van der Waals surface area (Å²) in [5, 5.41) is 2.44. The fourth-order valence-corrected chi connectivity index (χ4v) is 4.70. The van der Waals surface area contributed by atoms with Gasteiger partial charge < -0.3 is 0 Å². The second kappa shape index (κ2) is 9.78. The van der Waals surface area contributed by atoms with Crippen LogP contribution in [0.2, 0.25) is 0 Å². The first-order valence-electron chi connectivity index (χ1n) is 11.8. The SMILES string of the molecule is CCc1cccc(N(c2ccccc2)[N+](c2ccccc2)(c2ccccc2)c2ccccc2)c1. The number of rotatable bonds is 7. The van der Waals surface area contributed by atoms with Crippen molar-refractivity contribution in [3.05, 3.63) is 151 Å². The van der Waals surface area contributed by atoms with Crippen LogP contribution in [0.1, 0.15) is 12.5 Å². The Morgan fingerprint density at radius 1 is 0.471 bits per heavy atom. The van der Waals surface area contributed by atoms with Crippen LogP contribution < -0.4 is 9.60 Å². The first-order chi connectivity index (χ1) is 16.8. The van der Waals surface area contributed by atoms with Crippen molar-refractivity contribution in [2.45, 2.75) is 13.3 Å². The van der Waals surface area contributed by atoms with Crippen LogP contribution in [0.4, 0.5) is 28.4 Å². The van der Waals surface area contributed by atoms with Gasteiger partial charge in [0.1, 0.15) is 0 Å². The molecule has 0 aliphatic heterocycles. The van der Waals surface area contributed by atoms with Crippen molar-refractivity contribution in [3.63, 3.8) is 0 Å². The average molecular weight is 442 g/mol. The second-order valence-electron chi connectivity index (χ2n) is 8.31. The molecule has 0 bridgehead atoms. The van der Waals surface area contributed by atoms with Gasteiger partial charge in [-0.2, -0.15) is 5.01 Å². The van der Waals surface area contributed by atoms with Gasteiger partial charge in [0.15, 0.2) is 17.1 Å². The predicted molar refractivity (Wildman–Crippen MR) is 145 cm³/mol. The minimum atomic E-state index is 0.402. The number of aryl methyl sites for hydroxylation is 1. The van der Waals surface area contributed by atoms with Crippen LogP contribution in [0, 0.1) is 0 Å². The molecule has 0 fully saturated rings. The summed E-state index contributed by atoms with van der Waals surface area (Å²) in [4.78, 5) is 0. The van der Waals surface area contributed by atoms with E-state index in [2.05, 4.69) is 158 Å². The number of para-hydroxylation sites is 4. The van der Waals surface area contributed by atoms with E-state index in [-0.39, 0.29) is 0 Å². The molecule has 2 heteroatoms. The number of quaternary nitrogens is 1. The summed E-state index contributed by atoms with van der Waals surface area (Å²) in [7, 11) is 0. The predicted octanol–water partition coefficient (Wildman–Crippen LogP) is 8.97. The Bertz CT molecular complexity index is 1220. The molecule has 0 radical (unpaired) electrons. The van der Waals surface area contributed by atoms with E-state index in [4.69, 9.17) is 0 Å². The number of nitrogens with zero attached hydrogens (tertiary/aromatic N) is 2. The smallest absolute Gasteiger partial charge is 0.168 e. The molecule has 0 atom stereocenters. The van der Waals surface area contributed by atoms with Gasteiger partial charge in [-0.25, -0.2) is 0 Å². The zero-order chi connectivity index (χ0) is 23.2. The van der Waals surface area contributed by atoms with Gasteiger partial charge in [0, 0.05) is 36.4 Å². The third kappa shape index (κ3) is 3.89. The first kappa shape index (κ1) is 21.7. The summed E-state index contributed by atoms with van der Waals surface area (Å²) in [5.74, 6) is 0. The molecule has 5 rings (SSSR count). The van der Waals surface area contributed by atoms with E-state index in [0.717, 1.165) is 34.9 Å². The lowest BCUT2D eigenvalue weighted by molar-refractivity contribution is 0.527. The molecular weight excluding hydrogens is 412 g/mol. The quantitative estimate of drug-likeness (QED) is 0.180. The number of hydrogen-bond donors (Lipinski definition) is 0. The topological polar surface area (TPSA) is 3.24 Å². The van der Waals surface area contributed by atoms with E-state index < -0.39 is 0 Å². The van der Waals surface area contributed by atoms with Crippen LogP contribution >= 0.6 is 0 Å². The van der Waals surface area contributed by atoms with Gasteiger partial charge in [-0.15, -0.1) is 4.59 Å². The van der Waals surface area contributed by atoms with Crippen molar-refractivity contribution in [2.75, 3.05) is 5.01 Å². The maximum Gasteiger partial charge on any atom is 0.168 e. The van der Waals surface area contributed by atoms with E-state index >= 15 is 0 Å². The van der Waals surface area contributed by atoms with Crippen molar-refractivity contribution in [1.82, 2.24) is 4.59 Å². The average Bonchev–Trinajstić information content (AvgIpc) is 2.93. The number of hydrogen-bond acceptors (Lipinski definition) is 1. The van der Waals surface area contributed by atoms with Crippen molar-refractivity contribution < 1.29 is 0 Å². The van der Waals surface area contributed by atoms with Crippen LogP contribution in [-0.2, 0) is 6.42 Å². The molecule has 0 aliphatic carbocycles. The zero-order valence-corrected chi connectivity index (χ0v) is 19.5. The maximum atomic E-state index is 2.44. The van der Waals surface area contributed by atoms with Crippen LogP contribution in [0.25, 0.3) is 0 Å². The first-order valence-corrected chi connectivity index (χ1v) is 11.8. The molecule has 0 saturated carbocycles. The molecule has 0 amide bonds. The summed E-state index contributed by atoms with van der Waals surface area (Å²) >= 11 is 0. The third-order valence-corrected chi connectivity index (χ3v) is 6.25. The molecule has 166 valence electrons. The second-order valence-corrected chi connectivity index (χ2v) is 8.31. The fourth-order valence-electron chi connectivity index (χ4n) is 4.70. The largest absolute Gasteiger partial charge is 0.177 e. The molecule has 0 unspecified atom stereocenters. The fraction of sp³-hybridized carbons (Fsp3) is 0.0625. The summed E-state index contributed by atoms with van der Waals surface area (Å²) < 4.78 is 0.402. The normalized spacial score (nSPS) is 11.2. The zero-order valence-electron chi connectivity index (χ0n) is 19.5. The lowest BCUT2D eigenvalue weighted by Gasteiger charge is -2.45. The van der Waals surface area contributed by atoms with Crippen molar-refractivity contribution in [2.24, 2.45) is 0 Å². The lowest BCUT2D eigenvalue weighted by atomic mass is 10.1. The van der Waals surface area contributed by atoms with E-state index in [1.807, 2.05) is 0 Å². The van der Waals surface area contributed by atoms with Crippen LogP contribution in [0.3, 0.4) is 0 Å². The van der Waals surface area contributed by atoms with Gasteiger partial charge in [-0.05, 0) is 36.2 Å². The van der Waals surface area contributed by atoms with Crippen molar-refractivity contribution in [3.8, 4) is 0 Å². The van der Waals surface area contributed by atoms with E-state index in [9.17, 15) is 0 Å². The van der Waals surface area contributed by atoms with Gasteiger partial charge >= 0.3 is 0 Å². The molecule has 0 aliphatic rings. The van der Waals surface area contributed by atoms with Gasteiger partial charge in [-0.3, -0.25) is 0 Å². The molecule has 0 heterocycles. The Labute approximate surface area is 202 Å². The molecule has 0 saturated heterocycles. The van der Waals surface area contributed by atoms with Crippen molar-refractivity contribution in [1.29, 1.82) is 0 Å². The highest BCUT2D eigenvalue weighted by molar-refractivity contribution is 5.81. The summed E-state index contributed by atoms with van der Waals surface area (Å²) in [5.41, 5.74) is 7.04. The number of benzene rings is 5. The summed E-state index contributed by atoms with van der Waals surface area (Å²) in [6.45, 7) is 2.21. The molecule has 5 aromatic rings. The molecule has 5 aromatic carbocycles. The summed E-state index contributed by atoms with van der Waals surface area (Å²) in [6.07, 6.45) is 0.985. The Morgan fingerprint density at radius 3 is 1.32 bits per heavy atom. The molecular formula is C32H29N2+. The van der Waals surface area contributed by atoms with Gasteiger partial charge in [0.2, 0.25) is 0 Å². The number of anilines is 2. The highest BCUT2D eigenvalue weighted by Crippen LogP contribution is 2.50. The third-order valence-electron chi connectivity index (χ3n) is 6.25. The van der Waals surface area contributed by atoms with E-state index in [1.165, 1.54) is 5.56 Å². The highest BCUT2D eigenvalue weighted by Gasteiger charge is 2.44. The minimum Gasteiger partial charge on any atom is -0.177 e. The monoisotopic (exact) mass is 441 g/mol. The standard InChI is InChI=1S/C32H29N2/c1-2-27-16-15-19-29(26-27)33(28-17-7-3-8-18-28)34(30-20-9-4-10-21-30,31-22-11-5-12-23-31)32-24-13-6-14-25-32/h3-26H,2H2,1H3/q+1. The Hall–Kier alpha value is -4.14. The van der Waals surface area contributed by atoms with Gasteiger partial charge in [-0.1, -0.05) is 91.9 Å². The molecule has 2 nitrogen and oxygen atoms in total. The molecule has 0 spiro atoms. The summed E-state index contributed by atoms with van der Waals surface area (Å²) in [6, 6.07) is 51.9. The van der Waals surface area contributed by atoms with Crippen LogP contribution in [-0.4, -0.2) is 0 Å². The van der Waals surface area contributed by atoms with Gasteiger partial charge in [0.25, 0.3) is 0 Å². The van der Waals surface area contributed by atoms with Crippen LogP contribution in [0.5, 0.6) is 0 Å². The van der Waals surface area contributed by atoms with Crippen LogP contribution in [0.15, 0.2) is 146 Å². The molecule has 34 heavy (non-hydrogen) atoms. The maximum absolute atomic E-state index is 2.44. The van der Waals surface area contributed by atoms with Gasteiger partial charge in [0.05, 0.1) is 11.4 Å². The van der Waals surface area contributed by atoms with E-state index in [1.54, 1.807) is 0 Å². The Morgan fingerprint density at radius 2 is 0.882 bits per heavy atom. The molecule has 0 N–H and O–H groups in total. The minimum absolute atomic E-state index is 0.402. The van der Waals surface area contributed by atoms with Crippen molar-refractivity contribution >= 4 is 28.4 Å². The molecule has 0 aromatic heterocycles. The Balaban J connectivity index is 1.94.